The Morgan fingerprint density at radius 3 is 2.54 bits per heavy atom. The Labute approximate surface area is 140 Å². The van der Waals surface area contributed by atoms with Gasteiger partial charge in [0, 0.05) is 12.0 Å². The third-order valence-corrected chi connectivity index (χ3v) is 4.39. The van der Waals surface area contributed by atoms with Gasteiger partial charge < -0.3 is 15.7 Å². The summed E-state index contributed by atoms with van der Waals surface area (Å²) in [5, 5.41) is 16.0. The van der Waals surface area contributed by atoms with E-state index < -0.39 is 5.60 Å². The number of hydrogen-bond acceptors (Lipinski definition) is 2. The second-order valence-electron chi connectivity index (χ2n) is 6.47. The van der Waals surface area contributed by atoms with Gasteiger partial charge in [-0.3, -0.25) is 0 Å². The third-order valence-electron chi connectivity index (χ3n) is 4.39. The van der Waals surface area contributed by atoms with Crippen molar-refractivity contribution in [3.8, 4) is 0 Å². The molecule has 3 N–H and O–H groups in total. The van der Waals surface area contributed by atoms with Crippen molar-refractivity contribution < 1.29 is 14.3 Å². The van der Waals surface area contributed by atoms with E-state index in [4.69, 9.17) is 0 Å². The summed E-state index contributed by atoms with van der Waals surface area (Å²) in [6.45, 7) is 1.64. The molecule has 3 atom stereocenters. The summed E-state index contributed by atoms with van der Waals surface area (Å²) < 4.78 is 13.0. The van der Waals surface area contributed by atoms with Crippen LogP contribution in [0.25, 0.3) is 0 Å². The van der Waals surface area contributed by atoms with Crippen molar-refractivity contribution in [2.24, 2.45) is 0 Å². The minimum Gasteiger partial charge on any atom is -0.384 e. The number of urea groups is 1. The van der Waals surface area contributed by atoms with Crippen molar-refractivity contribution in [2.75, 3.05) is 6.54 Å². The van der Waals surface area contributed by atoms with E-state index in [0.29, 0.717) is 11.5 Å². The average Bonchev–Trinajstić information content (AvgIpc) is 3.33. The summed E-state index contributed by atoms with van der Waals surface area (Å²) in [4.78, 5) is 12.0. The van der Waals surface area contributed by atoms with Gasteiger partial charge in [0.15, 0.2) is 0 Å². The number of hydrogen-bond donors (Lipinski definition) is 3. The van der Waals surface area contributed by atoms with Gasteiger partial charge in [-0.1, -0.05) is 42.5 Å². The summed E-state index contributed by atoms with van der Waals surface area (Å²) in [7, 11) is 0. The minimum atomic E-state index is -1.26. The van der Waals surface area contributed by atoms with E-state index in [1.807, 2.05) is 18.2 Å². The zero-order valence-electron chi connectivity index (χ0n) is 13.5. The van der Waals surface area contributed by atoms with Gasteiger partial charge in [-0.05, 0) is 36.6 Å². The van der Waals surface area contributed by atoms with Gasteiger partial charge in [-0.25, -0.2) is 9.18 Å². The van der Waals surface area contributed by atoms with E-state index in [9.17, 15) is 14.3 Å². The Morgan fingerprint density at radius 1 is 1.21 bits per heavy atom. The van der Waals surface area contributed by atoms with Gasteiger partial charge in [-0.2, -0.15) is 0 Å². The highest BCUT2D eigenvalue weighted by Gasteiger charge is 2.39. The van der Waals surface area contributed by atoms with E-state index >= 15 is 0 Å². The van der Waals surface area contributed by atoms with Crippen molar-refractivity contribution in [1.29, 1.82) is 0 Å². The molecular weight excluding hydrogens is 307 g/mol. The van der Waals surface area contributed by atoms with E-state index in [0.717, 1.165) is 6.42 Å². The predicted octanol–water partition coefficient (Wildman–Crippen LogP) is 2.89. The highest BCUT2D eigenvalue weighted by molar-refractivity contribution is 5.75. The van der Waals surface area contributed by atoms with Crippen LogP contribution in [0.4, 0.5) is 9.18 Å². The molecule has 2 aromatic carbocycles. The van der Waals surface area contributed by atoms with Gasteiger partial charge in [0.2, 0.25) is 0 Å². The average molecular weight is 328 g/mol. The molecule has 1 fully saturated rings. The van der Waals surface area contributed by atoms with Gasteiger partial charge in [0.1, 0.15) is 11.4 Å². The lowest BCUT2D eigenvalue weighted by Crippen LogP contribution is -2.44. The second-order valence-corrected chi connectivity index (χ2v) is 6.47. The molecule has 0 heterocycles. The monoisotopic (exact) mass is 328 g/mol. The van der Waals surface area contributed by atoms with E-state index in [-0.39, 0.29) is 24.4 Å². The van der Waals surface area contributed by atoms with Crippen molar-refractivity contribution >= 4 is 6.03 Å². The number of rotatable bonds is 5. The first-order chi connectivity index (χ1) is 11.5. The Kier molecular flexibility index (Phi) is 4.53. The number of carbonyl (C=O) groups excluding carboxylic acids is 1. The molecule has 1 aliphatic rings. The fraction of sp³-hybridized carbons (Fsp3) is 0.316. The molecule has 1 saturated carbocycles. The number of halogens is 1. The lowest BCUT2D eigenvalue weighted by Gasteiger charge is -2.24. The fourth-order valence-corrected chi connectivity index (χ4v) is 2.81. The zero-order valence-corrected chi connectivity index (χ0v) is 13.5. The maximum atomic E-state index is 13.0. The summed E-state index contributed by atoms with van der Waals surface area (Å²) in [6.07, 6.45) is 0.922. The summed E-state index contributed by atoms with van der Waals surface area (Å²) in [5.74, 6) is -0.00417. The quantitative estimate of drug-likeness (QED) is 0.790. The Morgan fingerprint density at radius 2 is 1.88 bits per heavy atom. The van der Waals surface area contributed by atoms with Crippen LogP contribution < -0.4 is 10.6 Å². The lowest BCUT2D eigenvalue weighted by atomic mass is 9.96. The molecule has 0 saturated heterocycles. The number of nitrogens with one attached hydrogen (secondary N) is 2. The second kappa shape index (κ2) is 6.61. The molecule has 0 aliphatic heterocycles. The Hall–Kier alpha value is -2.40. The van der Waals surface area contributed by atoms with Crippen LogP contribution in [0.5, 0.6) is 0 Å². The van der Waals surface area contributed by atoms with Crippen molar-refractivity contribution in [1.82, 2.24) is 10.6 Å². The molecule has 24 heavy (non-hydrogen) atoms. The molecule has 2 amide bonds. The molecule has 3 rings (SSSR count). The van der Waals surface area contributed by atoms with Gasteiger partial charge in [0.25, 0.3) is 0 Å². The van der Waals surface area contributed by atoms with Crippen LogP contribution >= 0.6 is 0 Å². The molecular formula is C19H21FN2O2. The van der Waals surface area contributed by atoms with Crippen LogP contribution in [0.15, 0.2) is 54.6 Å². The van der Waals surface area contributed by atoms with Crippen LogP contribution in [-0.4, -0.2) is 23.7 Å². The van der Waals surface area contributed by atoms with Crippen LogP contribution in [0, 0.1) is 5.82 Å². The zero-order chi connectivity index (χ0) is 17.2. The van der Waals surface area contributed by atoms with Crippen molar-refractivity contribution in [2.45, 2.75) is 30.9 Å². The summed E-state index contributed by atoms with van der Waals surface area (Å²) in [6, 6.07) is 15.5. The van der Waals surface area contributed by atoms with Gasteiger partial charge in [-0.15, -0.1) is 0 Å². The van der Waals surface area contributed by atoms with Gasteiger partial charge >= 0.3 is 6.03 Å². The molecule has 0 spiro atoms. The first-order valence-electron chi connectivity index (χ1n) is 8.03. The molecule has 4 nitrogen and oxygen atoms in total. The molecule has 2 aromatic rings. The van der Waals surface area contributed by atoms with Crippen molar-refractivity contribution in [3.05, 3.63) is 71.5 Å². The topological polar surface area (TPSA) is 61.4 Å². The highest BCUT2D eigenvalue weighted by Crippen LogP contribution is 2.40. The Balaban J connectivity index is 1.48. The molecule has 3 unspecified atom stereocenters. The fourth-order valence-electron chi connectivity index (χ4n) is 2.81. The first kappa shape index (κ1) is 16.5. The molecule has 126 valence electrons. The normalized spacial score (nSPS) is 21.6. The molecule has 0 radical (unpaired) electrons. The number of carbonyl (C=O) groups is 1. The summed E-state index contributed by atoms with van der Waals surface area (Å²) in [5.41, 5.74) is 0.520. The highest BCUT2D eigenvalue weighted by atomic mass is 19.1. The van der Waals surface area contributed by atoms with E-state index in [1.165, 1.54) is 29.8 Å². The van der Waals surface area contributed by atoms with Crippen LogP contribution in [-0.2, 0) is 5.60 Å². The molecule has 0 aromatic heterocycles. The van der Waals surface area contributed by atoms with Crippen molar-refractivity contribution in [3.63, 3.8) is 0 Å². The SMILES string of the molecule is CC(O)(CNC(=O)NC1CC1c1ccccc1)c1ccc(F)cc1. The minimum absolute atomic E-state index is 0.0488. The van der Waals surface area contributed by atoms with E-state index in [1.54, 1.807) is 6.92 Å². The first-order valence-corrected chi connectivity index (χ1v) is 8.03. The number of benzene rings is 2. The smallest absolute Gasteiger partial charge is 0.315 e. The summed E-state index contributed by atoms with van der Waals surface area (Å²) >= 11 is 0. The molecule has 5 heteroatoms. The van der Waals surface area contributed by atoms with Crippen LogP contribution in [0.1, 0.15) is 30.4 Å². The number of amides is 2. The Bertz CT molecular complexity index is 701. The van der Waals surface area contributed by atoms with E-state index in [2.05, 4.69) is 22.8 Å². The maximum absolute atomic E-state index is 13.0. The third kappa shape index (κ3) is 3.92. The van der Waals surface area contributed by atoms with Crippen LogP contribution in [0.2, 0.25) is 0 Å². The maximum Gasteiger partial charge on any atom is 0.315 e. The molecule has 0 bridgehead atoms. The standard InChI is InChI=1S/C19H21FN2O2/c1-19(24,14-7-9-15(20)10-8-14)12-21-18(23)22-17-11-16(17)13-5-3-2-4-6-13/h2-10,16-17,24H,11-12H2,1H3,(H2,21,22,23). The van der Waals surface area contributed by atoms with Crippen LogP contribution in [0.3, 0.4) is 0 Å². The lowest BCUT2D eigenvalue weighted by molar-refractivity contribution is 0.0593. The predicted molar refractivity (Wildman–Crippen MR) is 90.1 cm³/mol. The van der Waals surface area contributed by atoms with Gasteiger partial charge in [0.05, 0.1) is 6.54 Å². The number of aliphatic hydroxyl groups is 1. The molecule has 1 aliphatic carbocycles. The largest absolute Gasteiger partial charge is 0.384 e.